The van der Waals surface area contributed by atoms with Crippen LogP contribution in [0.1, 0.15) is 10.5 Å². The maximum absolute atomic E-state index is 10.5. The van der Waals surface area contributed by atoms with Gasteiger partial charge in [0.05, 0.1) is 12.4 Å². The van der Waals surface area contributed by atoms with Crippen LogP contribution in [0, 0.1) is 0 Å². The second-order valence-corrected chi connectivity index (χ2v) is 2.32. The van der Waals surface area contributed by atoms with Crippen LogP contribution in [0.3, 0.4) is 0 Å². The molecule has 0 aliphatic heterocycles. The monoisotopic (exact) mass is 179 g/mol. The number of aromatic carboxylic acids is 1. The van der Waals surface area contributed by atoms with E-state index in [-0.39, 0.29) is 5.69 Å². The van der Waals surface area contributed by atoms with Crippen LogP contribution < -0.4 is 0 Å². The summed E-state index contributed by atoms with van der Waals surface area (Å²) in [6, 6.07) is 0. The van der Waals surface area contributed by atoms with E-state index in [1.54, 1.807) is 0 Å². The zero-order valence-corrected chi connectivity index (χ0v) is 6.39. The van der Waals surface area contributed by atoms with Gasteiger partial charge in [0.2, 0.25) is 0 Å². The van der Waals surface area contributed by atoms with Crippen LogP contribution in [-0.2, 0) is 0 Å². The number of carboxylic acid groups (broad SMARTS) is 1. The summed E-state index contributed by atoms with van der Waals surface area (Å²) >= 11 is 0. The Hall–Kier alpha value is -2.11. The Morgan fingerprint density at radius 2 is 2.38 bits per heavy atom. The highest BCUT2D eigenvalue weighted by atomic mass is 16.4. The van der Waals surface area contributed by atoms with E-state index < -0.39 is 5.97 Å². The summed E-state index contributed by atoms with van der Waals surface area (Å²) in [5.41, 5.74) is 0.0198. The van der Waals surface area contributed by atoms with Crippen molar-refractivity contribution in [3.8, 4) is 11.6 Å². The molecule has 2 rings (SSSR count). The maximum Gasteiger partial charge on any atom is 0.353 e. The van der Waals surface area contributed by atoms with Crippen molar-refractivity contribution in [2.24, 2.45) is 0 Å². The standard InChI is InChI=1S/C7H5N3O3/c11-7(12)4-1-9-6(10-4)5-2-8-3-13-5/h1-3H,(H,9,10)(H,11,12). The molecular formula is C7H5N3O3. The van der Waals surface area contributed by atoms with E-state index in [0.717, 1.165) is 0 Å². The minimum atomic E-state index is -1.06. The average molecular weight is 179 g/mol. The third-order valence-corrected chi connectivity index (χ3v) is 1.47. The predicted octanol–water partition coefficient (Wildman–Crippen LogP) is 0.763. The summed E-state index contributed by atoms with van der Waals surface area (Å²) in [6.07, 6.45) is 3.92. The Morgan fingerprint density at radius 1 is 1.54 bits per heavy atom. The molecule has 0 amide bonds. The van der Waals surface area contributed by atoms with Crippen molar-refractivity contribution in [2.45, 2.75) is 0 Å². The first kappa shape index (κ1) is 7.53. The number of nitrogens with zero attached hydrogens (tertiary/aromatic N) is 2. The molecule has 0 saturated carbocycles. The molecule has 6 heteroatoms. The van der Waals surface area contributed by atoms with Crippen LogP contribution in [-0.4, -0.2) is 26.0 Å². The Kier molecular flexibility index (Phi) is 1.59. The Bertz CT molecular complexity index is 418. The number of aromatic amines is 1. The van der Waals surface area contributed by atoms with Gasteiger partial charge < -0.3 is 14.5 Å². The summed E-state index contributed by atoms with van der Waals surface area (Å²) in [4.78, 5) is 20.5. The molecule has 2 heterocycles. The smallest absolute Gasteiger partial charge is 0.353 e. The molecule has 0 bridgehead atoms. The van der Waals surface area contributed by atoms with Crippen LogP contribution in [0.25, 0.3) is 11.6 Å². The van der Waals surface area contributed by atoms with Crippen LogP contribution in [0.4, 0.5) is 0 Å². The molecule has 2 aromatic heterocycles. The molecule has 6 nitrogen and oxygen atoms in total. The fraction of sp³-hybridized carbons (Fsp3) is 0. The number of nitrogens with one attached hydrogen (secondary N) is 1. The second kappa shape index (κ2) is 2.74. The number of hydrogen-bond acceptors (Lipinski definition) is 4. The van der Waals surface area contributed by atoms with Gasteiger partial charge in [0.15, 0.2) is 18.0 Å². The van der Waals surface area contributed by atoms with E-state index in [1.165, 1.54) is 18.8 Å². The number of rotatable bonds is 2. The summed E-state index contributed by atoms with van der Waals surface area (Å²) in [5.74, 6) is -0.291. The van der Waals surface area contributed by atoms with Crippen molar-refractivity contribution < 1.29 is 14.3 Å². The van der Waals surface area contributed by atoms with Crippen LogP contribution in [0.5, 0.6) is 0 Å². The van der Waals surface area contributed by atoms with Crippen LogP contribution in [0.15, 0.2) is 23.2 Å². The van der Waals surface area contributed by atoms with E-state index >= 15 is 0 Å². The lowest BCUT2D eigenvalue weighted by Crippen LogP contribution is -1.95. The third kappa shape index (κ3) is 1.28. The second-order valence-electron chi connectivity index (χ2n) is 2.32. The van der Waals surface area contributed by atoms with Crippen molar-refractivity contribution >= 4 is 5.97 Å². The topological polar surface area (TPSA) is 92.0 Å². The van der Waals surface area contributed by atoms with Crippen LogP contribution in [0.2, 0.25) is 0 Å². The Morgan fingerprint density at radius 3 is 2.92 bits per heavy atom. The molecule has 0 saturated heterocycles. The van der Waals surface area contributed by atoms with Gasteiger partial charge in [-0.2, -0.15) is 0 Å². The number of carbonyl (C=O) groups is 1. The summed E-state index contributed by atoms with van der Waals surface area (Å²) in [5, 5.41) is 8.58. The summed E-state index contributed by atoms with van der Waals surface area (Å²) in [7, 11) is 0. The summed E-state index contributed by atoms with van der Waals surface area (Å²) in [6.45, 7) is 0. The molecule has 0 aliphatic carbocycles. The van der Waals surface area contributed by atoms with Gasteiger partial charge in [-0.3, -0.25) is 0 Å². The molecular weight excluding hydrogens is 174 g/mol. The molecule has 2 aromatic rings. The first-order chi connectivity index (χ1) is 6.27. The molecule has 0 aromatic carbocycles. The minimum Gasteiger partial charge on any atom is -0.477 e. The van der Waals surface area contributed by atoms with Crippen molar-refractivity contribution in [3.05, 3.63) is 24.5 Å². The molecule has 0 aliphatic rings. The van der Waals surface area contributed by atoms with E-state index in [2.05, 4.69) is 15.0 Å². The van der Waals surface area contributed by atoms with Crippen molar-refractivity contribution in [1.82, 2.24) is 15.0 Å². The van der Waals surface area contributed by atoms with Gasteiger partial charge in [-0.1, -0.05) is 0 Å². The maximum atomic E-state index is 10.5. The highest BCUT2D eigenvalue weighted by Crippen LogP contribution is 2.13. The molecule has 0 unspecified atom stereocenters. The highest BCUT2D eigenvalue weighted by Gasteiger charge is 2.10. The molecule has 2 N–H and O–H groups in total. The third-order valence-electron chi connectivity index (χ3n) is 1.47. The lowest BCUT2D eigenvalue weighted by Gasteiger charge is -1.86. The Balaban J connectivity index is 2.39. The van der Waals surface area contributed by atoms with Crippen molar-refractivity contribution in [3.63, 3.8) is 0 Å². The molecule has 13 heavy (non-hydrogen) atoms. The number of oxazole rings is 1. The fourth-order valence-corrected chi connectivity index (χ4v) is 0.888. The van der Waals surface area contributed by atoms with E-state index in [9.17, 15) is 4.79 Å². The zero-order chi connectivity index (χ0) is 9.26. The fourth-order valence-electron chi connectivity index (χ4n) is 0.888. The number of aromatic nitrogens is 3. The van der Waals surface area contributed by atoms with Crippen molar-refractivity contribution in [2.75, 3.05) is 0 Å². The van der Waals surface area contributed by atoms with Gasteiger partial charge in [-0.25, -0.2) is 14.8 Å². The molecule has 66 valence electrons. The molecule has 0 spiro atoms. The first-order valence-electron chi connectivity index (χ1n) is 3.44. The average Bonchev–Trinajstić information content (AvgIpc) is 2.75. The lowest BCUT2D eigenvalue weighted by atomic mass is 10.5. The normalized spacial score (nSPS) is 10.2. The van der Waals surface area contributed by atoms with E-state index in [0.29, 0.717) is 11.6 Å². The van der Waals surface area contributed by atoms with Gasteiger partial charge in [0.25, 0.3) is 0 Å². The van der Waals surface area contributed by atoms with Gasteiger partial charge in [-0.15, -0.1) is 0 Å². The predicted molar refractivity (Wildman–Crippen MR) is 41.0 cm³/mol. The number of hydrogen-bond donors (Lipinski definition) is 2. The van der Waals surface area contributed by atoms with Gasteiger partial charge in [0.1, 0.15) is 5.69 Å². The molecule has 0 radical (unpaired) electrons. The first-order valence-corrected chi connectivity index (χ1v) is 3.44. The quantitative estimate of drug-likeness (QED) is 0.710. The molecule has 0 fully saturated rings. The highest BCUT2D eigenvalue weighted by molar-refractivity contribution is 5.85. The van der Waals surface area contributed by atoms with Gasteiger partial charge in [0, 0.05) is 0 Å². The number of imidazole rings is 1. The zero-order valence-electron chi connectivity index (χ0n) is 6.39. The SMILES string of the molecule is O=C(O)c1cnc(-c2cnco2)[nH]1. The van der Waals surface area contributed by atoms with Gasteiger partial charge >= 0.3 is 5.97 Å². The molecule has 0 atom stereocenters. The largest absolute Gasteiger partial charge is 0.477 e. The Labute approximate surface area is 72.3 Å². The number of H-pyrrole nitrogens is 1. The van der Waals surface area contributed by atoms with Crippen molar-refractivity contribution in [1.29, 1.82) is 0 Å². The summed E-state index contributed by atoms with van der Waals surface area (Å²) < 4.78 is 4.91. The van der Waals surface area contributed by atoms with E-state index in [1.807, 2.05) is 0 Å². The van der Waals surface area contributed by atoms with Gasteiger partial charge in [-0.05, 0) is 0 Å². The van der Waals surface area contributed by atoms with Crippen LogP contribution >= 0.6 is 0 Å². The number of carboxylic acids is 1. The minimum absolute atomic E-state index is 0.0198. The van der Waals surface area contributed by atoms with E-state index in [4.69, 9.17) is 9.52 Å². The lowest BCUT2D eigenvalue weighted by molar-refractivity contribution is 0.0691.